The van der Waals surface area contributed by atoms with Crippen molar-refractivity contribution in [3.05, 3.63) is 34.4 Å². The average Bonchev–Trinajstić information content (AvgIpc) is 2.37. The number of hydrogen-bond donors (Lipinski definition) is 0. The predicted molar refractivity (Wildman–Crippen MR) is 85.4 cm³/mol. The van der Waals surface area contributed by atoms with E-state index in [0.29, 0.717) is 0 Å². The monoisotopic (exact) mass is 275 g/mol. The number of ether oxygens (including phenoxy) is 1. The summed E-state index contributed by atoms with van der Waals surface area (Å²) < 4.78 is 5.21. The lowest BCUT2D eigenvalue weighted by Crippen LogP contribution is -2.28. The van der Waals surface area contributed by atoms with E-state index in [9.17, 15) is 0 Å². The van der Waals surface area contributed by atoms with Crippen LogP contribution in [0.3, 0.4) is 0 Å². The largest absolute Gasteiger partial charge is 0.385 e. The first kappa shape index (κ1) is 15.5. The van der Waals surface area contributed by atoms with Crippen LogP contribution in [-0.2, 0) is 29.5 Å². The Balaban J connectivity index is 2.34. The van der Waals surface area contributed by atoms with E-state index in [1.807, 2.05) is 0 Å². The fourth-order valence-electron chi connectivity index (χ4n) is 3.00. The lowest BCUT2D eigenvalue weighted by molar-refractivity contribution is 0.195. The van der Waals surface area contributed by atoms with E-state index < -0.39 is 0 Å². The van der Waals surface area contributed by atoms with Crippen LogP contribution in [0.25, 0.3) is 0 Å². The number of methoxy groups -OCH3 is 1. The molecule has 0 aliphatic carbocycles. The molecule has 1 aromatic rings. The second-order valence-electron chi connectivity index (χ2n) is 7.11. The van der Waals surface area contributed by atoms with Crippen LogP contribution in [0, 0.1) is 0 Å². The summed E-state index contributed by atoms with van der Waals surface area (Å²) in [6.07, 6.45) is 3.45. The van der Waals surface area contributed by atoms with E-state index in [0.717, 1.165) is 26.0 Å². The third-order valence-corrected chi connectivity index (χ3v) is 4.28. The maximum Gasteiger partial charge on any atom is 0.0465 e. The lowest BCUT2D eigenvalue weighted by Gasteiger charge is -2.30. The van der Waals surface area contributed by atoms with Gasteiger partial charge in [-0.3, -0.25) is 0 Å². The van der Waals surface area contributed by atoms with Gasteiger partial charge >= 0.3 is 0 Å². The minimum absolute atomic E-state index is 0.223. The van der Waals surface area contributed by atoms with Crippen LogP contribution < -0.4 is 0 Å². The van der Waals surface area contributed by atoms with Gasteiger partial charge in [0.25, 0.3) is 0 Å². The highest BCUT2D eigenvalue weighted by Gasteiger charge is 2.21. The van der Waals surface area contributed by atoms with E-state index in [2.05, 4.69) is 44.9 Å². The van der Waals surface area contributed by atoms with Gasteiger partial charge < -0.3 is 9.64 Å². The number of aryl methyl sites for hydroxylation is 1. The Hall–Kier alpha value is -0.860. The van der Waals surface area contributed by atoms with Gasteiger partial charge in [-0.1, -0.05) is 32.9 Å². The lowest BCUT2D eigenvalue weighted by atomic mass is 9.81. The molecule has 1 aliphatic rings. The summed E-state index contributed by atoms with van der Waals surface area (Å²) in [6, 6.07) is 4.88. The number of nitrogens with zero attached hydrogens (tertiary/aromatic N) is 1. The maximum atomic E-state index is 5.21. The molecule has 1 aliphatic heterocycles. The van der Waals surface area contributed by atoms with Crippen molar-refractivity contribution >= 4 is 0 Å². The topological polar surface area (TPSA) is 12.5 Å². The summed E-state index contributed by atoms with van der Waals surface area (Å²) in [7, 11) is 4.01. The molecular formula is C18H29NO. The molecule has 2 nitrogen and oxygen atoms in total. The zero-order valence-corrected chi connectivity index (χ0v) is 13.8. The van der Waals surface area contributed by atoms with Crippen LogP contribution in [0.4, 0.5) is 0 Å². The molecule has 0 radical (unpaired) electrons. The summed E-state index contributed by atoms with van der Waals surface area (Å²) in [5.41, 5.74) is 6.39. The summed E-state index contributed by atoms with van der Waals surface area (Å²) in [6.45, 7) is 10.0. The zero-order valence-electron chi connectivity index (χ0n) is 13.8. The SMILES string of the molecule is COCCCc1cc(C(C)(C)C)cc2c1CCN(C)C2. The molecule has 0 N–H and O–H groups in total. The fraction of sp³-hybridized carbons (Fsp3) is 0.667. The van der Waals surface area contributed by atoms with E-state index in [1.165, 1.54) is 18.5 Å². The summed E-state index contributed by atoms with van der Waals surface area (Å²) >= 11 is 0. The molecular weight excluding hydrogens is 246 g/mol. The Kier molecular flexibility index (Phi) is 4.87. The molecule has 0 atom stereocenters. The highest BCUT2D eigenvalue weighted by Crippen LogP contribution is 2.30. The van der Waals surface area contributed by atoms with Crippen molar-refractivity contribution in [1.82, 2.24) is 4.90 Å². The molecule has 0 bridgehead atoms. The summed E-state index contributed by atoms with van der Waals surface area (Å²) in [4.78, 5) is 2.42. The van der Waals surface area contributed by atoms with Gasteiger partial charge in [-0.2, -0.15) is 0 Å². The van der Waals surface area contributed by atoms with Gasteiger partial charge in [0, 0.05) is 26.8 Å². The fourth-order valence-corrected chi connectivity index (χ4v) is 3.00. The molecule has 0 fully saturated rings. The smallest absolute Gasteiger partial charge is 0.0465 e. The van der Waals surface area contributed by atoms with Crippen molar-refractivity contribution in [2.45, 2.75) is 52.0 Å². The molecule has 0 amide bonds. The molecule has 1 heterocycles. The number of fused-ring (bicyclic) bond motifs is 1. The molecule has 0 aromatic heterocycles. The Labute approximate surface area is 124 Å². The zero-order chi connectivity index (χ0) is 14.8. The standard InChI is InChI=1S/C18H29NO/c1-18(2,3)16-11-14(7-6-10-20-5)17-8-9-19(4)13-15(17)12-16/h11-12H,6-10,13H2,1-5H3. The van der Waals surface area contributed by atoms with Crippen LogP contribution in [0.1, 0.15) is 49.4 Å². The van der Waals surface area contributed by atoms with E-state index in [4.69, 9.17) is 4.74 Å². The van der Waals surface area contributed by atoms with Crippen LogP contribution in [0.15, 0.2) is 12.1 Å². The Bertz CT molecular complexity index is 459. The van der Waals surface area contributed by atoms with Crippen molar-refractivity contribution in [3.63, 3.8) is 0 Å². The second-order valence-corrected chi connectivity index (χ2v) is 7.11. The van der Waals surface area contributed by atoms with Gasteiger partial charge in [0.15, 0.2) is 0 Å². The average molecular weight is 275 g/mol. The van der Waals surface area contributed by atoms with Crippen LogP contribution in [0.5, 0.6) is 0 Å². The minimum Gasteiger partial charge on any atom is -0.385 e. The van der Waals surface area contributed by atoms with Gasteiger partial charge in [0.05, 0.1) is 0 Å². The molecule has 1 aromatic carbocycles. The molecule has 0 saturated heterocycles. The number of benzene rings is 1. The Morgan fingerprint density at radius 3 is 2.65 bits per heavy atom. The third-order valence-electron chi connectivity index (χ3n) is 4.28. The maximum absolute atomic E-state index is 5.21. The summed E-state index contributed by atoms with van der Waals surface area (Å²) in [5.74, 6) is 0. The van der Waals surface area contributed by atoms with Crippen molar-refractivity contribution in [2.75, 3.05) is 27.3 Å². The van der Waals surface area contributed by atoms with Crippen molar-refractivity contribution in [2.24, 2.45) is 0 Å². The second kappa shape index (κ2) is 6.28. The predicted octanol–water partition coefficient (Wildman–Crippen LogP) is 3.55. The van der Waals surface area contributed by atoms with Gasteiger partial charge in [-0.25, -0.2) is 0 Å². The summed E-state index contributed by atoms with van der Waals surface area (Å²) in [5, 5.41) is 0. The Morgan fingerprint density at radius 1 is 1.25 bits per heavy atom. The van der Waals surface area contributed by atoms with Gasteiger partial charge in [0.1, 0.15) is 0 Å². The van der Waals surface area contributed by atoms with E-state index >= 15 is 0 Å². The number of hydrogen-bond acceptors (Lipinski definition) is 2. The number of likely N-dealkylation sites (N-methyl/N-ethyl adjacent to an activating group) is 1. The van der Waals surface area contributed by atoms with Crippen LogP contribution in [-0.4, -0.2) is 32.2 Å². The van der Waals surface area contributed by atoms with Crippen molar-refractivity contribution in [1.29, 1.82) is 0 Å². The minimum atomic E-state index is 0.223. The third kappa shape index (κ3) is 3.62. The van der Waals surface area contributed by atoms with E-state index in [1.54, 1.807) is 23.8 Å². The van der Waals surface area contributed by atoms with Gasteiger partial charge in [-0.15, -0.1) is 0 Å². The molecule has 2 heteroatoms. The first-order chi connectivity index (χ1) is 9.41. The molecule has 20 heavy (non-hydrogen) atoms. The first-order valence-corrected chi connectivity index (χ1v) is 7.74. The first-order valence-electron chi connectivity index (χ1n) is 7.74. The normalized spacial score (nSPS) is 16.2. The highest BCUT2D eigenvalue weighted by molar-refractivity contribution is 5.43. The van der Waals surface area contributed by atoms with Crippen LogP contribution >= 0.6 is 0 Å². The highest BCUT2D eigenvalue weighted by atomic mass is 16.5. The molecule has 0 saturated carbocycles. The van der Waals surface area contributed by atoms with Crippen molar-refractivity contribution < 1.29 is 4.74 Å². The molecule has 0 spiro atoms. The van der Waals surface area contributed by atoms with E-state index in [-0.39, 0.29) is 5.41 Å². The van der Waals surface area contributed by atoms with Gasteiger partial charge in [-0.05, 0) is 54.0 Å². The molecule has 2 rings (SSSR count). The van der Waals surface area contributed by atoms with Gasteiger partial charge in [0.2, 0.25) is 0 Å². The number of rotatable bonds is 4. The molecule has 112 valence electrons. The Morgan fingerprint density at radius 2 is 2.00 bits per heavy atom. The van der Waals surface area contributed by atoms with Crippen molar-refractivity contribution in [3.8, 4) is 0 Å². The quantitative estimate of drug-likeness (QED) is 0.779. The van der Waals surface area contributed by atoms with Crippen LogP contribution in [0.2, 0.25) is 0 Å². The molecule has 0 unspecified atom stereocenters.